The molecule has 9 heteroatoms. The summed E-state index contributed by atoms with van der Waals surface area (Å²) in [6, 6.07) is 10.3. The van der Waals surface area contributed by atoms with Gasteiger partial charge < -0.3 is 20.3 Å². The Balaban J connectivity index is 2.63. The predicted molar refractivity (Wildman–Crippen MR) is 165 cm³/mol. The van der Waals surface area contributed by atoms with Gasteiger partial charge in [0.1, 0.15) is 17.7 Å². The minimum absolute atomic E-state index is 0.347. The van der Waals surface area contributed by atoms with E-state index < -0.39 is 41.1 Å². The predicted octanol–water partition coefficient (Wildman–Crippen LogP) is 6.58. The van der Waals surface area contributed by atoms with Crippen molar-refractivity contribution in [3.05, 3.63) is 64.2 Å². The molecule has 2 rings (SSSR count). The van der Waals surface area contributed by atoms with Crippen LogP contribution in [-0.4, -0.2) is 52.0 Å². The van der Waals surface area contributed by atoms with Crippen molar-refractivity contribution in [2.75, 3.05) is 17.3 Å². The first-order valence-electron chi connectivity index (χ1n) is 13.0. The van der Waals surface area contributed by atoms with Crippen LogP contribution < -0.4 is 10.6 Å². The lowest BCUT2D eigenvalue weighted by Crippen LogP contribution is -2.58. The lowest BCUT2D eigenvalue weighted by molar-refractivity contribution is -0.146. The number of nitrogens with zero attached hydrogens (tertiary/aromatic N) is 1. The summed E-state index contributed by atoms with van der Waals surface area (Å²) >= 11 is 7.98. The quantitative estimate of drug-likeness (QED) is 0.324. The van der Waals surface area contributed by atoms with Crippen molar-refractivity contribution in [2.24, 2.45) is 0 Å². The molecule has 2 aromatic rings. The first-order valence-corrected chi connectivity index (χ1v) is 14.8. The molecule has 2 unspecified atom stereocenters. The van der Waals surface area contributed by atoms with Gasteiger partial charge >= 0.3 is 6.09 Å². The first-order chi connectivity index (χ1) is 18.6. The summed E-state index contributed by atoms with van der Waals surface area (Å²) in [7, 11) is 0. The van der Waals surface area contributed by atoms with Crippen molar-refractivity contribution < 1.29 is 19.1 Å². The number of nitrogens with one attached hydrogen (secondary N) is 2. The maximum absolute atomic E-state index is 14.3. The minimum Gasteiger partial charge on any atom is -0.444 e. The Kier molecular flexibility index (Phi) is 11.5. The van der Waals surface area contributed by atoms with Crippen molar-refractivity contribution in [1.82, 2.24) is 10.2 Å². The summed E-state index contributed by atoms with van der Waals surface area (Å²) in [6.07, 6.45) is 7.13. The second kappa shape index (κ2) is 14.0. The van der Waals surface area contributed by atoms with Crippen LogP contribution in [0.2, 0.25) is 5.02 Å². The van der Waals surface area contributed by atoms with Gasteiger partial charge in [-0.3, -0.25) is 9.59 Å². The number of benzene rings is 2. The minimum atomic E-state index is -1.06. The Bertz CT molecular complexity index is 1220. The van der Waals surface area contributed by atoms with E-state index in [4.69, 9.17) is 22.8 Å². The van der Waals surface area contributed by atoms with Gasteiger partial charge in [0.2, 0.25) is 5.91 Å². The van der Waals surface area contributed by atoms with Crippen LogP contribution in [0.1, 0.15) is 70.7 Å². The maximum Gasteiger partial charge on any atom is 0.408 e. The molecule has 0 aliphatic carbocycles. The summed E-state index contributed by atoms with van der Waals surface area (Å²) in [5.41, 5.74) is 0.877. The summed E-state index contributed by atoms with van der Waals surface area (Å²) < 4.78 is 5.45. The third-order valence-electron chi connectivity index (χ3n) is 5.93. The number of anilines is 1. The van der Waals surface area contributed by atoms with Gasteiger partial charge in [0.25, 0.3) is 5.91 Å². The lowest BCUT2D eigenvalue weighted by Gasteiger charge is -2.43. The third kappa shape index (κ3) is 9.21. The van der Waals surface area contributed by atoms with E-state index in [0.717, 1.165) is 5.56 Å². The highest BCUT2D eigenvalue weighted by Crippen LogP contribution is 2.33. The molecule has 0 heterocycles. The van der Waals surface area contributed by atoms with E-state index in [9.17, 15) is 14.4 Å². The number of alkyl carbamates (subject to hydrolysis) is 1. The average molecular weight is 586 g/mol. The van der Waals surface area contributed by atoms with Crippen LogP contribution >= 0.6 is 23.4 Å². The monoisotopic (exact) mass is 585 g/mol. The number of carbonyl (C=O) groups excluding carboxylic acids is 3. The van der Waals surface area contributed by atoms with Crippen molar-refractivity contribution in [3.8, 4) is 12.3 Å². The van der Waals surface area contributed by atoms with Crippen LogP contribution in [0.5, 0.6) is 0 Å². The van der Waals surface area contributed by atoms with E-state index in [-0.39, 0.29) is 0 Å². The smallest absolute Gasteiger partial charge is 0.408 e. The molecule has 0 radical (unpaired) electrons. The summed E-state index contributed by atoms with van der Waals surface area (Å²) in [6.45, 7) is 12.6. The number of hydrogen-bond donors (Lipinski definition) is 2. The third-order valence-corrected chi connectivity index (χ3v) is 6.89. The van der Waals surface area contributed by atoms with Gasteiger partial charge in [-0.2, -0.15) is 11.8 Å². The molecule has 2 aromatic carbocycles. The van der Waals surface area contributed by atoms with E-state index in [1.807, 2.05) is 40.0 Å². The van der Waals surface area contributed by atoms with Crippen LogP contribution in [-0.2, 0) is 14.3 Å². The topological polar surface area (TPSA) is 87.7 Å². The first kappa shape index (κ1) is 33.1. The fraction of sp³-hybridized carbons (Fsp3) is 0.452. The normalized spacial score (nSPS) is 13.0. The molecule has 0 saturated carbocycles. The molecule has 2 N–H and O–H groups in total. The van der Waals surface area contributed by atoms with E-state index in [1.54, 1.807) is 68.9 Å². The number of amides is 3. The molecular weight excluding hydrogens is 546 g/mol. The number of terminal acetylenes is 1. The van der Waals surface area contributed by atoms with E-state index >= 15 is 0 Å². The molecule has 0 bridgehead atoms. The van der Waals surface area contributed by atoms with Crippen molar-refractivity contribution in [1.29, 1.82) is 0 Å². The number of para-hydroxylation sites is 1. The molecule has 0 spiro atoms. The highest BCUT2D eigenvalue weighted by molar-refractivity contribution is 7.98. The van der Waals surface area contributed by atoms with Crippen LogP contribution in [0.15, 0.2) is 42.5 Å². The molecule has 2 atom stereocenters. The Labute approximate surface area is 247 Å². The van der Waals surface area contributed by atoms with Gasteiger partial charge in [0.05, 0.1) is 10.7 Å². The van der Waals surface area contributed by atoms with Gasteiger partial charge in [0, 0.05) is 11.1 Å². The Morgan fingerprint density at radius 3 is 2.20 bits per heavy atom. The summed E-state index contributed by atoms with van der Waals surface area (Å²) in [5, 5.41) is 6.08. The van der Waals surface area contributed by atoms with E-state index in [0.29, 0.717) is 34.0 Å². The SMILES string of the molecule is C#Cc1ccc(C(C(=O)Nc2c(C)cccc2Cl)N(C(=O)C(CCSC)NC(=O)OC(C)(C)C)C(C)(C)C)cc1. The lowest BCUT2D eigenvalue weighted by atomic mass is 9.94. The standard InChI is InChI=1S/C31H40ClN3O4S/c1-10-21-14-16-22(17-15-21)26(27(36)34-25-20(2)12-11-13-23(25)32)35(30(3,4)5)28(37)24(18-19-40-9)33-29(38)39-31(6,7)8/h1,11-17,24,26H,18-19H2,2-9H3,(H,33,38)(H,34,36). The maximum atomic E-state index is 14.3. The van der Waals surface area contributed by atoms with Crippen LogP contribution in [0.25, 0.3) is 0 Å². The molecule has 216 valence electrons. The fourth-order valence-corrected chi connectivity index (χ4v) is 4.86. The van der Waals surface area contributed by atoms with Gasteiger partial charge in [-0.1, -0.05) is 41.8 Å². The molecule has 0 aliphatic rings. The summed E-state index contributed by atoms with van der Waals surface area (Å²) in [4.78, 5) is 42.7. The number of hydrogen-bond acceptors (Lipinski definition) is 5. The van der Waals surface area contributed by atoms with Crippen molar-refractivity contribution >= 4 is 47.0 Å². The zero-order chi connectivity index (χ0) is 30.3. The van der Waals surface area contributed by atoms with Crippen LogP contribution in [0, 0.1) is 19.3 Å². The fourth-order valence-electron chi connectivity index (χ4n) is 4.12. The van der Waals surface area contributed by atoms with Crippen molar-refractivity contribution in [2.45, 2.75) is 78.1 Å². The van der Waals surface area contributed by atoms with Gasteiger partial charge in [-0.25, -0.2) is 4.79 Å². The number of rotatable bonds is 9. The molecule has 7 nitrogen and oxygen atoms in total. The van der Waals surface area contributed by atoms with Gasteiger partial charge in [-0.05, 0) is 96.2 Å². The molecular formula is C31H40ClN3O4S. The van der Waals surface area contributed by atoms with E-state index in [1.165, 1.54) is 4.90 Å². The second-order valence-corrected chi connectivity index (χ2v) is 12.8. The van der Waals surface area contributed by atoms with Gasteiger partial charge in [-0.15, -0.1) is 6.42 Å². The molecule has 0 saturated heterocycles. The second-order valence-electron chi connectivity index (χ2n) is 11.4. The number of ether oxygens (including phenoxy) is 1. The van der Waals surface area contributed by atoms with Crippen LogP contribution in [0.3, 0.4) is 0 Å². The molecule has 0 aliphatic heterocycles. The largest absolute Gasteiger partial charge is 0.444 e. The number of aryl methyl sites for hydroxylation is 1. The highest BCUT2D eigenvalue weighted by Gasteiger charge is 2.42. The van der Waals surface area contributed by atoms with Crippen molar-refractivity contribution in [3.63, 3.8) is 0 Å². The number of halogens is 1. The Hall–Kier alpha value is -3.15. The highest BCUT2D eigenvalue weighted by atomic mass is 35.5. The zero-order valence-corrected chi connectivity index (χ0v) is 26.1. The number of carbonyl (C=O) groups is 3. The number of thioether (sulfide) groups is 1. The zero-order valence-electron chi connectivity index (χ0n) is 24.6. The average Bonchev–Trinajstić information content (AvgIpc) is 2.85. The summed E-state index contributed by atoms with van der Waals surface area (Å²) in [5.74, 6) is 2.32. The Morgan fingerprint density at radius 2 is 1.70 bits per heavy atom. The van der Waals surface area contributed by atoms with Gasteiger partial charge in [0.15, 0.2) is 0 Å². The molecule has 40 heavy (non-hydrogen) atoms. The molecule has 3 amide bonds. The molecule has 0 aromatic heterocycles. The van der Waals surface area contributed by atoms with E-state index in [2.05, 4.69) is 16.6 Å². The van der Waals surface area contributed by atoms with Crippen LogP contribution in [0.4, 0.5) is 10.5 Å². The Morgan fingerprint density at radius 1 is 1.07 bits per heavy atom. The molecule has 0 fully saturated rings.